The Hall–Kier alpha value is -2.08. The monoisotopic (exact) mass is 244 g/mol. The lowest BCUT2D eigenvalue weighted by Gasteiger charge is -2.16. The molecule has 0 bridgehead atoms. The van der Waals surface area contributed by atoms with E-state index in [2.05, 4.69) is 72.8 Å². The predicted molar refractivity (Wildman–Crippen MR) is 81.1 cm³/mol. The Balaban J connectivity index is 1.62. The van der Waals surface area contributed by atoms with Crippen LogP contribution in [0.3, 0.4) is 0 Å². The molecule has 2 aromatic carbocycles. The number of hydrogen-bond donors (Lipinski definition) is 0. The van der Waals surface area contributed by atoms with E-state index in [4.69, 9.17) is 0 Å². The summed E-state index contributed by atoms with van der Waals surface area (Å²) in [4.78, 5) is 0. The number of benzene rings is 2. The van der Waals surface area contributed by atoms with Gasteiger partial charge in [-0.1, -0.05) is 72.8 Å². The van der Waals surface area contributed by atoms with Crippen LogP contribution in [-0.2, 0) is 0 Å². The predicted octanol–water partition coefficient (Wildman–Crippen LogP) is 5.00. The van der Waals surface area contributed by atoms with Gasteiger partial charge in [-0.05, 0) is 28.7 Å². The van der Waals surface area contributed by atoms with Crippen LogP contribution in [0.1, 0.15) is 40.5 Å². The van der Waals surface area contributed by atoms with Crippen LogP contribution < -0.4 is 0 Å². The second-order valence-electron chi connectivity index (χ2n) is 5.42. The van der Waals surface area contributed by atoms with Gasteiger partial charge in [-0.2, -0.15) is 0 Å². The van der Waals surface area contributed by atoms with Gasteiger partial charge < -0.3 is 0 Å². The lowest BCUT2D eigenvalue weighted by Crippen LogP contribution is -2.00. The first-order valence-electron chi connectivity index (χ1n) is 6.96. The third-order valence-electron chi connectivity index (χ3n) is 4.32. The summed E-state index contributed by atoms with van der Waals surface area (Å²) in [5.74, 6) is 1.13. The van der Waals surface area contributed by atoms with Crippen molar-refractivity contribution in [3.63, 3.8) is 0 Å². The van der Waals surface area contributed by atoms with Crippen molar-refractivity contribution in [1.29, 1.82) is 0 Å². The molecular weight excluding hydrogens is 228 g/mol. The molecule has 2 atom stereocenters. The smallest absolute Gasteiger partial charge is 0.00360 e. The van der Waals surface area contributed by atoms with Crippen molar-refractivity contribution in [2.75, 3.05) is 0 Å². The molecule has 0 aromatic heterocycles. The Morgan fingerprint density at radius 2 is 1.11 bits per heavy atom. The highest BCUT2D eigenvalue weighted by atomic mass is 14.3. The Labute approximate surface area is 114 Å². The van der Waals surface area contributed by atoms with Crippen molar-refractivity contribution < 1.29 is 0 Å². The first-order valence-corrected chi connectivity index (χ1v) is 6.96. The quantitative estimate of drug-likeness (QED) is 0.697. The fourth-order valence-electron chi connectivity index (χ4n) is 3.33. The van der Waals surface area contributed by atoms with Gasteiger partial charge in [0.25, 0.3) is 0 Å². The van der Waals surface area contributed by atoms with Crippen LogP contribution >= 0.6 is 0 Å². The highest BCUT2D eigenvalue weighted by Gasteiger charge is 2.23. The normalized spacial score (nSPS) is 22.5. The number of rotatable bonds is 2. The van der Waals surface area contributed by atoms with Crippen molar-refractivity contribution in [2.24, 2.45) is 0 Å². The minimum absolute atomic E-state index is 0.567. The molecular formula is C19H16. The van der Waals surface area contributed by atoms with E-state index < -0.39 is 0 Å². The van der Waals surface area contributed by atoms with E-state index in [0.29, 0.717) is 11.8 Å². The Bertz CT molecular complexity index is 616. The molecule has 0 nitrogen and oxygen atoms in total. The molecule has 0 aliphatic heterocycles. The molecule has 0 radical (unpaired) electrons. The van der Waals surface area contributed by atoms with Crippen molar-refractivity contribution in [1.82, 2.24) is 0 Å². The number of hydrogen-bond acceptors (Lipinski definition) is 0. The van der Waals surface area contributed by atoms with Crippen LogP contribution in [-0.4, -0.2) is 0 Å². The Kier molecular flexibility index (Phi) is 2.41. The van der Waals surface area contributed by atoms with Crippen molar-refractivity contribution in [2.45, 2.75) is 18.3 Å². The van der Waals surface area contributed by atoms with Crippen molar-refractivity contribution in [3.8, 4) is 0 Å². The molecule has 2 aromatic rings. The van der Waals surface area contributed by atoms with Gasteiger partial charge in [0.1, 0.15) is 0 Å². The highest BCUT2D eigenvalue weighted by Crippen LogP contribution is 2.41. The van der Waals surface area contributed by atoms with Gasteiger partial charge in [0.2, 0.25) is 0 Å². The van der Waals surface area contributed by atoms with Gasteiger partial charge in [-0.3, -0.25) is 0 Å². The molecule has 4 rings (SSSR count). The zero-order chi connectivity index (χ0) is 12.7. The molecule has 2 aliphatic rings. The van der Waals surface area contributed by atoms with Gasteiger partial charge in [0, 0.05) is 11.8 Å². The molecule has 0 heterocycles. The van der Waals surface area contributed by atoms with Gasteiger partial charge in [0.05, 0.1) is 0 Å². The minimum Gasteiger partial charge on any atom is -0.0763 e. The SMILES string of the molecule is C1=C[C@H](C[C@H]2C=Cc3ccccc32)c2ccccc21. The van der Waals surface area contributed by atoms with E-state index >= 15 is 0 Å². The maximum Gasteiger partial charge on any atom is 0.00360 e. The fourth-order valence-corrected chi connectivity index (χ4v) is 3.33. The summed E-state index contributed by atoms with van der Waals surface area (Å²) in [5, 5.41) is 0. The molecule has 0 N–H and O–H groups in total. The average Bonchev–Trinajstić information content (AvgIpc) is 3.05. The van der Waals surface area contributed by atoms with Crippen molar-refractivity contribution >= 4 is 12.2 Å². The third-order valence-corrected chi connectivity index (χ3v) is 4.32. The third kappa shape index (κ3) is 1.76. The Morgan fingerprint density at radius 3 is 1.63 bits per heavy atom. The molecule has 2 aliphatic carbocycles. The average molecular weight is 244 g/mol. The summed E-state index contributed by atoms with van der Waals surface area (Å²) >= 11 is 0. The topological polar surface area (TPSA) is 0 Å². The van der Waals surface area contributed by atoms with Crippen LogP contribution in [0, 0.1) is 0 Å². The maximum atomic E-state index is 2.36. The molecule has 0 spiro atoms. The van der Waals surface area contributed by atoms with Crippen LogP contribution in [0.15, 0.2) is 60.7 Å². The summed E-state index contributed by atoms with van der Waals surface area (Å²) in [6, 6.07) is 17.5. The molecule has 0 amide bonds. The largest absolute Gasteiger partial charge is 0.0763 e. The molecule has 0 saturated carbocycles. The standard InChI is InChI=1S/C19H16/c1-3-7-18-14(5-1)9-11-16(18)13-17-12-10-15-6-2-4-8-19(15)17/h1-12,16-17H,13H2/t16-,17-/m1/s1. The minimum atomic E-state index is 0.567. The summed E-state index contributed by atoms with van der Waals surface area (Å²) in [6.45, 7) is 0. The van der Waals surface area contributed by atoms with E-state index in [1.54, 1.807) is 0 Å². The van der Waals surface area contributed by atoms with E-state index in [0.717, 1.165) is 0 Å². The molecule has 19 heavy (non-hydrogen) atoms. The lowest BCUT2D eigenvalue weighted by atomic mass is 9.87. The van der Waals surface area contributed by atoms with Gasteiger partial charge in [0.15, 0.2) is 0 Å². The molecule has 0 unspecified atom stereocenters. The zero-order valence-electron chi connectivity index (χ0n) is 10.8. The van der Waals surface area contributed by atoms with Crippen LogP contribution in [0.2, 0.25) is 0 Å². The maximum absolute atomic E-state index is 2.36. The summed E-state index contributed by atoms with van der Waals surface area (Å²) in [5.41, 5.74) is 5.76. The fraction of sp³-hybridized carbons (Fsp3) is 0.158. The van der Waals surface area contributed by atoms with Gasteiger partial charge in [-0.25, -0.2) is 0 Å². The van der Waals surface area contributed by atoms with Gasteiger partial charge in [-0.15, -0.1) is 0 Å². The van der Waals surface area contributed by atoms with Crippen LogP contribution in [0.4, 0.5) is 0 Å². The van der Waals surface area contributed by atoms with E-state index in [9.17, 15) is 0 Å². The highest BCUT2D eigenvalue weighted by molar-refractivity contribution is 5.65. The van der Waals surface area contributed by atoms with Gasteiger partial charge >= 0.3 is 0 Å². The van der Waals surface area contributed by atoms with Crippen LogP contribution in [0.5, 0.6) is 0 Å². The van der Waals surface area contributed by atoms with Crippen molar-refractivity contribution in [3.05, 3.63) is 82.9 Å². The van der Waals surface area contributed by atoms with Crippen LogP contribution in [0.25, 0.3) is 12.2 Å². The first-order chi connectivity index (χ1) is 9.42. The molecule has 92 valence electrons. The van der Waals surface area contributed by atoms with E-state index in [1.807, 2.05) is 0 Å². The summed E-state index contributed by atoms with van der Waals surface area (Å²) in [7, 11) is 0. The Morgan fingerprint density at radius 1 is 0.632 bits per heavy atom. The van der Waals surface area contributed by atoms with E-state index in [1.165, 1.54) is 28.7 Å². The second-order valence-corrected chi connectivity index (χ2v) is 5.42. The first kappa shape index (κ1) is 10.8. The molecule has 0 fully saturated rings. The number of fused-ring (bicyclic) bond motifs is 2. The van der Waals surface area contributed by atoms with E-state index in [-0.39, 0.29) is 0 Å². The molecule has 0 heteroatoms. The molecule has 0 saturated heterocycles. The number of allylic oxidation sites excluding steroid dienone is 2. The lowest BCUT2D eigenvalue weighted by molar-refractivity contribution is 0.686. The summed E-state index contributed by atoms with van der Waals surface area (Å²) < 4.78 is 0. The zero-order valence-corrected chi connectivity index (χ0v) is 10.8. The summed E-state index contributed by atoms with van der Waals surface area (Å²) in [6.07, 6.45) is 10.4. The second kappa shape index (κ2) is 4.24.